The molecule has 3 saturated carbocycles. The Hall–Kier alpha value is -4.18. The zero-order chi connectivity index (χ0) is 39.1. The Morgan fingerprint density at radius 2 is 1.81 bits per heavy atom. The normalized spacial score (nSPS) is 25.7. The van der Waals surface area contributed by atoms with Gasteiger partial charge < -0.3 is 29.7 Å². The number of methoxy groups -OCH3 is 1. The van der Waals surface area contributed by atoms with Crippen LogP contribution in [-0.4, -0.2) is 90.7 Å². The third-order valence-electron chi connectivity index (χ3n) is 11.0. The van der Waals surface area contributed by atoms with Gasteiger partial charge in [-0.2, -0.15) is 8.42 Å². The first-order valence-electron chi connectivity index (χ1n) is 18.9. The van der Waals surface area contributed by atoms with Crippen LogP contribution < -0.4 is 24.8 Å². The lowest BCUT2D eigenvalue weighted by Crippen LogP contribution is -2.59. The second kappa shape index (κ2) is 15.2. The summed E-state index contributed by atoms with van der Waals surface area (Å²) < 4.78 is 50.2. The van der Waals surface area contributed by atoms with E-state index in [1.54, 1.807) is 47.1 Å². The maximum absolute atomic E-state index is 14.7. The SMILES string of the molecule is CC[C@@H]1C[C@]1(NC(=O)[C@@H]1C[C@@H](Oc2nccc3cc(OC)ccc23)CN1C(=O)[C@@H](NC(=O)OC(C)(C)C)C1CCCCC1)C(=O)NS(=O)(=O)OC1(C)CC1.[HH].[HH].[HH]. The van der Waals surface area contributed by atoms with Gasteiger partial charge in [0, 0.05) is 22.3 Å². The topological polar surface area (TPSA) is 192 Å². The molecule has 2 heterocycles. The van der Waals surface area contributed by atoms with Crippen LogP contribution >= 0.6 is 0 Å². The molecule has 3 aliphatic carbocycles. The molecule has 15 nitrogen and oxygen atoms in total. The number of nitrogens with one attached hydrogen (secondary N) is 3. The number of amides is 4. The van der Waals surface area contributed by atoms with Crippen molar-refractivity contribution in [1.82, 2.24) is 25.2 Å². The number of carbonyl (C=O) groups excluding carboxylic acids is 4. The van der Waals surface area contributed by atoms with Gasteiger partial charge in [-0.3, -0.25) is 14.4 Å². The largest absolute Gasteiger partial charge is 0.497 e. The summed E-state index contributed by atoms with van der Waals surface area (Å²) in [7, 11) is -2.87. The molecule has 0 unspecified atom stereocenters. The van der Waals surface area contributed by atoms with E-state index in [9.17, 15) is 27.6 Å². The molecule has 54 heavy (non-hydrogen) atoms. The van der Waals surface area contributed by atoms with E-state index in [2.05, 4.69) is 15.6 Å². The van der Waals surface area contributed by atoms with Crippen molar-refractivity contribution in [3.8, 4) is 11.6 Å². The van der Waals surface area contributed by atoms with E-state index in [1.165, 1.54) is 4.90 Å². The van der Waals surface area contributed by atoms with Crippen molar-refractivity contribution in [1.29, 1.82) is 0 Å². The van der Waals surface area contributed by atoms with Gasteiger partial charge in [0.05, 0.1) is 19.3 Å². The van der Waals surface area contributed by atoms with Crippen LogP contribution in [0.25, 0.3) is 10.8 Å². The Kier molecular flexibility index (Phi) is 11.1. The van der Waals surface area contributed by atoms with Crippen LogP contribution in [0.5, 0.6) is 11.6 Å². The van der Waals surface area contributed by atoms with E-state index < -0.39 is 69.0 Å². The number of rotatable bonds is 13. The highest BCUT2D eigenvalue weighted by molar-refractivity contribution is 7.85. The second-order valence-corrected chi connectivity index (χ2v) is 17.7. The maximum Gasteiger partial charge on any atom is 0.408 e. The predicted molar refractivity (Wildman–Crippen MR) is 204 cm³/mol. The lowest BCUT2D eigenvalue weighted by Gasteiger charge is -2.35. The van der Waals surface area contributed by atoms with Crippen LogP contribution in [0.3, 0.4) is 0 Å². The molecule has 4 amide bonds. The molecular formula is C38H59N5O10S. The number of nitrogens with zero attached hydrogens (tertiary/aromatic N) is 2. The number of likely N-dealkylation sites (tertiary alicyclic amines) is 1. The molecule has 302 valence electrons. The number of pyridine rings is 1. The molecule has 1 aromatic carbocycles. The average molecular weight is 778 g/mol. The van der Waals surface area contributed by atoms with Gasteiger partial charge in [-0.05, 0) is 101 Å². The summed E-state index contributed by atoms with van der Waals surface area (Å²) in [6.07, 6.45) is 6.21. The predicted octanol–water partition coefficient (Wildman–Crippen LogP) is 5.02. The van der Waals surface area contributed by atoms with Crippen molar-refractivity contribution >= 4 is 44.9 Å². The molecule has 1 saturated heterocycles. The zero-order valence-corrected chi connectivity index (χ0v) is 32.8. The van der Waals surface area contributed by atoms with Gasteiger partial charge in [-0.25, -0.2) is 18.7 Å². The monoisotopic (exact) mass is 777 g/mol. The molecule has 0 bridgehead atoms. The van der Waals surface area contributed by atoms with Crippen LogP contribution in [-0.2, 0) is 33.6 Å². The smallest absolute Gasteiger partial charge is 0.408 e. The minimum absolute atomic E-state index is 0. The van der Waals surface area contributed by atoms with E-state index >= 15 is 0 Å². The van der Waals surface area contributed by atoms with Crippen molar-refractivity contribution in [3.05, 3.63) is 30.5 Å². The molecule has 4 fully saturated rings. The number of alkyl carbamates (subject to hydrolysis) is 1. The lowest BCUT2D eigenvalue weighted by atomic mass is 9.83. The van der Waals surface area contributed by atoms with Crippen molar-refractivity contribution < 1.29 is 50.3 Å². The maximum atomic E-state index is 14.7. The molecule has 0 spiro atoms. The molecule has 1 aromatic heterocycles. The summed E-state index contributed by atoms with van der Waals surface area (Å²) in [5.41, 5.74) is -3.18. The number of fused-ring (bicyclic) bond motifs is 1. The van der Waals surface area contributed by atoms with Crippen molar-refractivity contribution in [2.75, 3.05) is 13.7 Å². The molecule has 6 rings (SSSR count). The first-order valence-corrected chi connectivity index (χ1v) is 20.3. The molecule has 2 aromatic rings. The minimum atomic E-state index is -4.45. The Balaban J connectivity index is 0.00000290. The summed E-state index contributed by atoms with van der Waals surface area (Å²) in [6.45, 7) is 8.69. The Bertz CT molecular complexity index is 1890. The van der Waals surface area contributed by atoms with E-state index in [1.807, 2.05) is 29.8 Å². The van der Waals surface area contributed by atoms with E-state index in [0.29, 0.717) is 49.1 Å². The fraction of sp³-hybridized carbons (Fsp3) is 0.658. The van der Waals surface area contributed by atoms with Gasteiger partial charge >= 0.3 is 16.4 Å². The third-order valence-corrected chi connectivity index (χ3v) is 12.0. The molecule has 3 N–H and O–H groups in total. The standard InChI is InChI=1S/C38H53N5O10S.3H2/c1-7-25-21-38(25,34(46)42-54(48,49)53-37(5)16-17-37)41-31(44)29-20-27(51-32-28-14-13-26(50-6)19-24(28)15-18-39-32)22-43(29)33(45)30(23-11-9-8-10-12-23)40-35(47)52-36(2,3)4;;;/h13-15,18-19,23,25,27,29-30H,7-12,16-17,20-22H2,1-6H3,(H,40,47)(H,41,44)(H,42,46);3*1H/t25-,27-,29+,30+,38-;;;/m1.../s1. The van der Waals surface area contributed by atoms with Gasteiger partial charge in [0.25, 0.3) is 5.91 Å². The van der Waals surface area contributed by atoms with Gasteiger partial charge in [0.15, 0.2) is 0 Å². The van der Waals surface area contributed by atoms with E-state index in [0.717, 1.165) is 24.6 Å². The summed E-state index contributed by atoms with van der Waals surface area (Å²) in [5, 5.41) is 7.21. The number of ether oxygens (including phenoxy) is 3. The number of benzene rings is 1. The van der Waals surface area contributed by atoms with Gasteiger partial charge in [-0.15, -0.1) is 0 Å². The Labute approximate surface area is 321 Å². The minimum Gasteiger partial charge on any atom is -0.497 e. The highest BCUT2D eigenvalue weighted by atomic mass is 32.2. The number of aromatic nitrogens is 1. The fourth-order valence-electron chi connectivity index (χ4n) is 7.71. The van der Waals surface area contributed by atoms with E-state index in [-0.39, 0.29) is 35.5 Å². The zero-order valence-electron chi connectivity index (χ0n) is 31.9. The Morgan fingerprint density at radius 1 is 1.09 bits per heavy atom. The summed E-state index contributed by atoms with van der Waals surface area (Å²) in [5.74, 6) is -1.56. The van der Waals surface area contributed by atoms with Gasteiger partial charge in [-0.1, -0.05) is 32.6 Å². The fourth-order valence-corrected chi connectivity index (χ4v) is 8.85. The highest BCUT2D eigenvalue weighted by Crippen LogP contribution is 2.47. The summed E-state index contributed by atoms with van der Waals surface area (Å²) in [4.78, 5) is 61.8. The molecule has 5 atom stereocenters. The van der Waals surface area contributed by atoms with Crippen LogP contribution in [0.2, 0.25) is 0 Å². The number of hydrogen-bond donors (Lipinski definition) is 3. The molecule has 4 aliphatic rings. The quantitative estimate of drug-likeness (QED) is 0.248. The third kappa shape index (κ3) is 9.02. The number of hydrogen-bond acceptors (Lipinski definition) is 11. The van der Waals surface area contributed by atoms with E-state index in [4.69, 9.17) is 18.4 Å². The first-order chi connectivity index (χ1) is 25.4. The van der Waals surface area contributed by atoms with Gasteiger partial charge in [0.2, 0.25) is 17.7 Å². The highest BCUT2D eigenvalue weighted by Gasteiger charge is 2.62. The second-order valence-electron chi connectivity index (χ2n) is 16.4. The summed E-state index contributed by atoms with van der Waals surface area (Å²) in [6, 6.07) is 5.18. The lowest BCUT2D eigenvalue weighted by molar-refractivity contribution is -0.142. The first kappa shape index (κ1) is 39.5. The molecule has 0 radical (unpaired) electrons. The van der Waals surface area contributed by atoms with Crippen molar-refractivity contribution in [3.63, 3.8) is 0 Å². The molecule has 1 aliphatic heterocycles. The summed E-state index contributed by atoms with van der Waals surface area (Å²) >= 11 is 0. The van der Waals surface area contributed by atoms with Crippen LogP contribution in [0, 0.1) is 11.8 Å². The van der Waals surface area contributed by atoms with Crippen LogP contribution in [0.15, 0.2) is 30.5 Å². The van der Waals surface area contributed by atoms with Crippen molar-refractivity contribution in [2.24, 2.45) is 11.8 Å². The van der Waals surface area contributed by atoms with Crippen LogP contribution in [0.1, 0.15) is 103 Å². The Morgan fingerprint density at radius 3 is 2.44 bits per heavy atom. The van der Waals surface area contributed by atoms with Crippen LogP contribution in [0.4, 0.5) is 4.79 Å². The average Bonchev–Trinajstić information content (AvgIpc) is 3.98. The van der Waals surface area contributed by atoms with Gasteiger partial charge in [0.1, 0.15) is 35.1 Å². The number of carbonyl (C=O) groups is 4. The molecule has 16 heteroatoms. The molecular weight excluding hydrogens is 719 g/mol. The van der Waals surface area contributed by atoms with Crippen molar-refractivity contribution in [2.45, 2.75) is 134 Å².